The number of anilines is 1. The average molecular weight is 552 g/mol. The first kappa shape index (κ1) is 28.1. The molecule has 0 spiro atoms. The number of sulfone groups is 1. The van der Waals surface area contributed by atoms with Crippen molar-refractivity contribution in [3.63, 3.8) is 0 Å². The molecule has 1 atom stereocenters. The molecule has 12 nitrogen and oxygen atoms in total. The van der Waals surface area contributed by atoms with E-state index in [-0.39, 0.29) is 34.7 Å². The van der Waals surface area contributed by atoms with Gasteiger partial charge >= 0.3 is 0 Å². The Balaban J connectivity index is 1.82. The van der Waals surface area contributed by atoms with Crippen LogP contribution < -0.4 is 10.9 Å². The van der Waals surface area contributed by atoms with E-state index in [1.54, 1.807) is 10.9 Å². The Morgan fingerprint density at radius 2 is 1.95 bits per heavy atom. The molecule has 1 fully saturated rings. The number of allylic oxidation sites excluding steroid dienone is 1. The van der Waals surface area contributed by atoms with Crippen molar-refractivity contribution in [1.82, 2.24) is 29.5 Å². The Hall–Kier alpha value is -3.87. The SMILES string of the molecule is C=N/C(CNc1nc2c(C)nc(-c3c(C)ncnc3C3CC3)nc2n([C@H](C)CC)c1=O)=N\C=C(/C)S(C)(=O)=O. The average Bonchev–Trinajstić information content (AvgIpc) is 3.73. The van der Waals surface area contributed by atoms with Crippen molar-refractivity contribution in [2.24, 2.45) is 9.98 Å². The lowest BCUT2D eigenvalue weighted by Crippen LogP contribution is -2.30. The third-order valence-electron chi connectivity index (χ3n) is 6.78. The largest absolute Gasteiger partial charge is 0.358 e. The summed E-state index contributed by atoms with van der Waals surface area (Å²) in [5.41, 5.74) is 3.73. The van der Waals surface area contributed by atoms with Crippen molar-refractivity contribution in [2.75, 3.05) is 18.1 Å². The van der Waals surface area contributed by atoms with Crippen LogP contribution in [0.3, 0.4) is 0 Å². The molecule has 3 aromatic heterocycles. The molecule has 0 saturated heterocycles. The highest BCUT2D eigenvalue weighted by Gasteiger charge is 2.30. The maximum absolute atomic E-state index is 13.7. The van der Waals surface area contributed by atoms with E-state index in [4.69, 9.17) is 9.97 Å². The zero-order valence-electron chi connectivity index (χ0n) is 23.1. The van der Waals surface area contributed by atoms with Gasteiger partial charge in [-0.3, -0.25) is 9.36 Å². The van der Waals surface area contributed by atoms with E-state index in [0.717, 1.165) is 36.0 Å². The molecule has 0 unspecified atom stereocenters. The normalized spacial score (nSPS) is 15.4. The van der Waals surface area contributed by atoms with E-state index >= 15 is 0 Å². The molecule has 0 aliphatic heterocycles. The fourth-order valence-electron chi connectivity index (χ4n) is 4.04. The van der Waals surface area contributed by atoms with Gasteiger partial charge in [0.15, 0.2) is 27.1 Å². The Kier molecular flexibility index (Phi) is 8.00. The van der Waals surface area contributed by atoms with Crippen molar-refractivity contribution in [3.05, 3.63) is 44.9 Å². The van der Waals surface area contributed by atoms with Gasteiger partial charge in [0, 0.05) is 24.4 Å². The monoisotopic (exact) mass is 551 g/mol. The van der Waals surface area contributed by atoms with Crippen molar-refractivity contribution in [2.45, 2.75) is 65.8 Å². The Morgan fingerprint density at radius 3 is 2.56 bits per heavy atom. The van der Waals surface area contributed by atoms with Gasteiger partial charge in [-0.25, -0.2) is 43.3 Å². The van der Waals surface area contributed by atoms with Crippen molar-refractivity contribution < 1.29 is 8.42 Å². The first-order valence-corrected chi connectivity index (χ1v) is 14.6. The lowest BCUT2D eigenvalue weighted by molar-refractivity contribution is 0.526. The van der Waals surface area contributed by atoms with Crippen LogP contribution in [0.25, 0.3) is 22.6 Å². The van der Waals surface area contributed by atoms with Crippen LogP contribution in [0.5, 0.6) is 0 Å². The molecular formula is C26H33N9O3S. The fourth-order valence-corrected chi connectivity index (χ4v) is 4.28. The molecule has 4 rings (SSSR count). The van der Waals surface area contributed by atoms with E-state index in [2.05, 4.69) is 37.0 Å². The minimum atomic E-state index is -3.37. The Labute approximate surface area is 227 Å². The number of nitrogens with zero attached hydrogens (tertiary/aromatic N) is 8. The molecule has 0 bridgehead atoms. The molecule has 39 heavy (non-hydrogen) atoms. The van der Waals surface area contributed by atoms with E-state index in [9.17, 15) is 13.2 Å². The van der Waals surface area contributed by atoms with Crippen LogP contribution in [0.4, 0.5) is 5.82 Å². The highest BCUT2D eigenvalue weighted by Crippen LogP contribution is 2.43. The highest BCUT2D eigenvalue weighted by atomic mass is 32.2. The van der Waals surface area contributed by atoms with Gasteiger partial charge in [-0.15, -0.1) is 0 Å². The molecule has 1 aliphatic carbocycles. The minimum absolute atomic E-state index is 0.00851. The molecule has 0 radical (unpaired) electrons. The summed E-state index contributed by atoms with van der Waals surface area (Å²) in [6.07, 6.45) is 6.70. The molecule has 206 valence electrons. The van der Waals surface area contributed by atoms with Crippen LogP contribution in [0.15, 0.2) is 32.2 Å². The summed E-state index contributed by atoms with van der Waals surface area (Å²) < 4.78 is 24.9. The molecule has 0 aromatic carbocycles. The standard InChI is InChI=1S/C26H33N9O3S/c1-8-14(2)35-25-21(17(5)32-23(34-25)20-16(4)30-13-31-22(20)18-9-10-18)33-24(26(35)36)29-12-19(27-6)28-11-15(3)39(7,37)38/h11,13-14,18H,6,8-10,12H2,1-5,7H3,(H,29,33)/b15-11+,28-19-/t14-/m1/s1. The molecular weight excluding hydrogens is 518 g/mol. The molecule has 1 saturated carbocycles. The number of aryl methyl sites for hydroxylation is 2. The number of fused-ring (bicyclic) bond motifs is 1. The minimum Gasteiger partial charge on any atom is -0.358 e. The summed E-state index contributed by atoms with van der Waals surface area (Å²) in [4.78, 5) is 44.8. The van der Waals surface area contributed by atoms with Crippen LogP contribution in [-0.4, -0.2) is 63.3 Å². The van der Waals surface area contributed by atoms with E-state index in [1.165, 1.54) is 13.1 Å². The highest BCUT2D eigenvalue weighted by molar-refractivity contribution is 7.94. The maximum Gasteiger partial charge on any atom is 0.295 e. The molecule has 1 aliphatic rings. The van der Waals surface area contributed by atoms with Crippen molar-refractivity contribution in [3.8, 4) is 11.4 Å². The van der Waals surface area contributed by atoms with Gasteiger partial charge in [0.25, 0.3) is 5.56 Å². The summed E-state index contributed by atoms with van der Waals surface area (Å²) in [6.45, 7) is 12.6. The number of hydrogen-bond donors (Lipinski definition) is 1. The number of aromatic nitrogens is 6. The summed E-state index contributed by atoms with van der Waals surface area (Å²) in [5.74, 6) is 1.13. The number of aliphatic imine (C=N–C) groups is 2. The molecule has 1 N–H and O–H groups in total. The topological polar surface area (TPSA) is 157 Å². The van der Waals surface area contributed by atoms with Crippen LogP contribution in [0.2, 0.25) is 0 Å². The van der Waals surface area contributed by atoms with Gasteiger partial charge in [-0.05, 0) is 53.7 Å². The first-order valence-electron chi connectivity index (χ1n) is 12.7. The van der Waals surface area contributed by atoms with E-state index < -0.39 is 9.84 Å². The van der Waals surface area contributed by atoms with Gasteiger partial charge in [0.1, 0.15) is 17.7 Å². The summed E-state index contributed by atoms with van der Waals surface area (Å²) >= 11 is 0. The van der Waals surface area contributed by atoms with Crippen molar-refractivity contribution >= 4 is 39.4 Å². The lowest BCUT2D eigenvalue weighted by Gasteiger charge is -2.19. The second-order valence-electron chi connectivity index (χ2n) is 9.76. The second-order valence-corrected chi connectivity index (χ2v) is 11.9. The lowest BCUT2D eigenvalue weighted by atomic mass is 10.1. The summed E-state index contributed by atoms with van der Waals surface area (Å²) in [6, 6.07) is -0.173. The molecule has 3 heterocycles. The summed E-state index contributed by atoms with van der Waals surface area (Å²) in [7, 11) is -3.37. The molecule has 3 aromatic rings. The van der Waals surface area contributed by atoms with Gasteiger partial charge in [0.05, 0.1) is 34.1 Å². The smallest absolute Gasteiger partial charge is 0.295 e. The molecule has 0 amide bonds. The maximum atomic E-state index is 13.7. The van der Waals surface area contributed by atoms with Gasteiger partial charge in [-0.1, -0.05) is 6.92 Å². The van der Waals surface area contributed by atoms with E-state index in [1.807, 2.05) is 27.7 Å². The van der Waals surface area contributed by atoms with Gasteiger partial charge in [-0.2, -0.15) is 0 Å². The summed E-state index contributed by atoms with van der Waals surface area (Å²) in [5, 5.41) is 2.99. The van der Waals surface area contributed by atoms with Crippen LogP contribution in [0.1, 0.15) is 69.1 Å². The number of rotatable bonds is 9. The quantitative estimate of drug-likeness (QED) is 0.310. The first-order chi connectivity index (χ1) is 18.5. The third-order valence-corrected chi connectivity index (χ3v) is 8.05. The van der Waals surface area contributed by atoms with Gasteiger partial charge in [0.2, 0.25) is 0 Å². The predicted octanol–water partition coefficient (Wildman–Crippen LogP) is 3.53. The van der Waals surface area contributed by atoms with Crippen LogP contribution >= 0.6 is 0 Å². The Morgan fingerprint density at radius 1 is 1.23 bits per heavy atom. The molecule has 13 heteroatoms. The van der Waals surface area contributed by atoms with Crippen molar-refractivity contribution in [1.29, 1.82) is 0 Å². The zero-order valence-corrected chi connectivity index (χ0v) is 23.9. The number of nitrogens with one attached hydrogen (secondary N) is 1. The second kappa shape index (κ2) is 11.1. The van der Waals surface area contributed by atoms with E-state index in [0.29, 0.717) is 35.0 Å². The number of amidine groups is 1. The van der Waals surface area contributed by atoms with Crippen LogP contribution in [-0.2, 0) is 9.84 Å². The fraction of sp³-hybridized carbons (Fsp3) is 0.462. The van der Waals surface area contributed by atoms with Gasteiger partial charge < -0.3 is 5.32 Å². The zero-order chi connectivity index (χ0) is 28.5. The van der Waals surface area contributed by atoms with Crippen LogP contribution in [0, 0.1) is 13.8 Å². The Bertz CT molecular complexity index is 1670. The number of hydrogen-bond acceptors (Lipinski definition) is 10. The third kappa shape index (κ3) is 5.92. The predicted molar refractivity (Wildman–Crippen MR) is 153 cm³/mol.